The van der Waals surface area contributed by atoms with Gasteiger partial charge in [-0.1, -0.05) is 13.8 Å². The van der Waals surface area contributed by atoms with Gasteiger partial charge >= 0.3 is 5.97 Å². The van der Waals surface area contributed by atoms with Crippen molar-refractivity contribution in [3.63, 3.8) is 0 Å². The Bertz CT molecular complexity index is 582. The van der Waals surface area contributed by atoms with Gasteiger partial charge in [0.2, 0.25) is 0 Å². The lowest BCUT2D eigenvalue weighted by atomic mass is 10.3. The summed E-state index contributed by atoms with van der Waals surface area (Å²) in [7, 11) is 0. The van der Waals surface area contributed by atoms with Crippen molar-refractivity contribution >= 4 is 33.3 Å². The second kappa shape index (κ2) is 5.97. The number of carboxylic acid groups (broad SMARTS) is 1. The smallest absolute Gasteiger partial charge is 0.323 e. The van der Waals surface area contributed by atoms with Gasteiger partial charge in [0.1, 0.15) is 23.0 Å². The molecule has 6 heteroatoms. The molecule has 0 saturated heterocycles. The number of thiophene rings is 1. The van der Waals surface area contributed by atoms with Crippen LogP contribution in [0.15, 0.2) is 11.4 Å². The number of aromatic nitrogens is 2. The Kier molecular flexibility index (Phi) is 4.31. The zero-order valence-corrected chi connectivity index (χ0v) is 11.9. The quantitative estimate of drug-likeness (QED) is 0.880. The van der Waals surface area contributed by atoms with Crippen molar-refractivity contribution < 1.29 is 9.90 Å². The molecule has 0 aromatic carbocycles. The summed E-state index contributed by atoms with van der Waals surface area (Å²) < 4.78 is 0. The molecule has 0 spiro atoms. The fraction of sp³-hybridized carbons (Fsp3) is 0.462. The molecule has 1 N–H and O–H groups in total. The largest absolute Gasteiger partial charge is 0.480 e. The van der Waals surface area contributed by atoms with Gasteiger partial charge in [-0.2, -0.15) is 0 Å². The van der Waals surface area contributed by atoms with Crippen LogP contribution in [0.5, 0.6) is 0 Å². The first-order valence-corrected chi connectivity index (χ1v) is 7.24. The minimum absolute atomic E-state index is 0.0288. The number of hydrogen-bond donors (Lipinski definition) is 1. The highest BCUT2D eigenvalue weighted by molar-refractivity contribution is 7.16. The van der Waals surface area contributed by atoms with Crippen LogP contribution in [0, 0.1) is 0 Å². The minimum atomic E-state index is -0.839. The highest BCUT2D eigenvalue weighted by Crippen LogP contribution is 2.28. The van der Waals surface area contributed by atoms with E-state index in [0.29, 0.717) is 6.54 Å². The van der Waals surface area contributed by atoms with E-state index in [2.05, 4.69) is 9.97 Å². The minimum Gasteiger partial charge on any atom is -0.480 e. The van der Waals surface area contributed by atoms with Crippen LogP contribution in [0.25, 0.3) is 10.2 Å². The molecule has 0 aliphatic carbocycles. The summed E-state index contributed by atoms with van der Waals surface area (Å²) in [6.07, 6.45) is 1.62. The monoisotopic (exact) mass is 279 g/mol. The molecule has 0 aliphatic rings. The summed E-state index contributed by atoms with van der Waals surface area (Å²) >= 11 is 1.56. The van der Waals surface area contributed by atoms with Crippen LogP contribution in [-0.2, 0) is 11.2 Å². The van der Waals surface area contributed by atoms with Crippen LogP contribution in [0.1, 0.15) is 26.1 Å². The number of hydrogen-bond acceptors (Lipinski definition) is 5. The summed E-state index contributed by atoms with van der Waals surface area (Å²) in [5, 5.41) is 11.9. The van der Waals surface area contributed by atoms with Crippen LogP contribution in [0.3, 0.4) is 0 Å². The molecule has 2 heterocycles. The number of nitrogens with zero attached hydrogens (tertiary/aromatic N) is 3. The second-order valence-electron chi connectivity index (χ2n) is 4.27. The van der Waals surface area contributed by atoms with E-state index in [-0.39, 0.29) is 6.54 Å². The molecule has 0 atom stereocenters. The highest BCUT2D eigenvalue weighted by Gasteiger charge is 2.16. The number of fused-ring (bicyclic) bond motifs is 1. The topological polar surface area (TPSA) is 66.3 Å². The number of aliphatic carboxylic acids is 1. The van der Waals surface area contributed by atoms with Crippen LogP contribution in [0.4, 0.5) is 5.82 Å². The molecule has 0 radical (unpaired) electrons. The third-order valence-electron chi connectivity index (χ3n) is 2.79. The lowest BCUT2D eigenvalue weighted by Gasteiger charge is -2.22. The number of carboxylic acids is 1. The van der Waals surface area contributed by atoms with E-state index in [1.807, 2.05) is 30.2 Å². The highest BCUT2D eigenvalue weighted by atomic mass is 32.1. The van der Waals surface area contributed by atoms with Gasteiger partial charge in [-0.25, -0.2) is 9.97 Å². The molecule has 2 rings (SSSR count). The van der Waals surface area contributed by atoms with Gasteiger partial charge in [-0.05, 0) is 17.9 Å². The van der Waals surface area contributed by atoms with Gasteiger partial charge in [-0.3, -0.25) is 4.79 Å². The average Bonchev–Trinajstić information content (AvgIpc) is 2.84. The van der Waals surface area contributed by atoms with Crippen LogP contribution < -0.4 is 4.90 Å². The van der Waals surface area contributed by atoms with Crippen LogP contribution >= 0.6 is 11.3 Å². The lowest BCUT2D eigenvalue weighted by molar-refractivity contribution is -0.135. The molecule has 2 aromatic heterocycles. The average molecular weight is 279 g/mol. The standard InChI is InChI=1S/C13H17N3O2S/c1-3-6-16(8-11(17)18)12-9-5-7-19-13(9)15-10(4-2)14-12/h5,7H,3-4,6,8H2,1-2H3,(H,17,18). The Balaban J connectivity index is 2.49. The van der Waals surface area contributed by atoms with Gasteiger partial charge in [0, 0.05) is 13.0 Å². The molecule has 19 heavy (non-hydrogen) atoms. The normalized spacial score (nSPS) is 10.8. The number of aryl methyl sites for hydroxylation is 1. The maximum atomic E-state index is 11.0. The molecule has 5 nitrogen and oxygen atoms in total. The molecule has 0 fully saturated rings. The van der Waals surface area contributed by atoms with Crippen LogP contribution in [-0.4, -0.2) is 34.1 Å². The molecule has 0 saturated carbocycles. The first kappa shape index (κ1) is 13.7. The number of rotatable bonds is 6. The van der Waals surface area contributed by atoms with E-state index >= 15 is 0 Å². The van der Waals surface area contributed by atoms with Crippen molar-refractivity contribution in [3.8, 4) is 0 Å². The van der Waals surface area contributed by atoms with Gasteiger partial charge in [-0.15, -0.1) is 11.3 Å². The predicted molar refractivity (Wildman–Crippen MR) is 76.9 cm³/mol. The molecule has 0 aliphatic heterocycles. The summed E-state index contributed by atoms with van der Waals surface area (Å²) in [6.45, 7) is 4.68. The summed E-state index contributed by atoms with van der Waals surface area (Å²) in [6, 6.07) is 1.96. The van der Waals surface area contributed by atoms with Crippen molar-refractivity contribution in [2.75, 3.05) is 18.0 Å². The fourth-order valence-electron chi connectivity index (χ4n) is 1.97. The molecular weight excluding hydrogens is 262 g/mol. The summed E-state index contributed by atoms with van der Waals surface area (Å²) in [5.74, 6) is 0.664. The molecule has 0 bridgehead atoms. The Morgan fingerprint density at radius 2 is 2.21 bits per heavy atom. The summed E-state index contributed by atoms with van der Waals surface area (Å²) in [5.41, 5.74) is 0. The van der Waals surface area contributed by atoms with E-state index in [9.17, 15) is 4.79 Å². The first-order chi connectivity index (χ1) is 9.15. The molecule has 2 aromatic rings. The predicted octanol–water partition coefficient (Wildman–Crippen LogP) is 2.55. The fourth-order valence-corrected chi connectivity index (χ4v) is 2.75. The van der Waals surface area contributed by atoms with Crippen molar-refractivity contribution in [2.24, 2.45) is 0 Å². The van der Waals surface area contributed by atoms with Gasteiger partial charge in [0.15, 0.2) is 0 Å². The van der Waals surface area contributed by atoms with Gasteiger partial charge in [0.25, 0.3) is 0 Å². The van der Waals surface area contributed by atoms with E-state index < -0.39 is 5.97 Å². The Labute approximate surface area is 115 Å². The maximum Gasteiger partial charge on any atom is 0.323 e. The molecule has 102 valence electrons. The third kappa shape index (κ3) is 3.01. The zero-order chi connectivity index (χ0) is 13.8. The summed E-state index contributed by atoms with van der Waals surface area (Å²) in [4.78, 5) is 22.7. The van der Waals surface area contributed by atoms with Gasteiger partial charge in [0.05, 0.1) is 5.39 Å². The lowest BCUT2D eigenvalue weighted by Crippen LogP contribution is -2.31. The number of carbonyl (C=O) groups is 1. The van der Waals surface area contributed by atoms with Gasteiger partial charge < -0.3 is 10.0 Å². The SMILES string of the molecule is CCCN(CC(=O)O)c1nc(CC)nc2sccc12. The second-order valence-corrected chi connectivity index (χ2v) is 5.17. The van der Waals surface area contributed by atoms with E-state index in [1.54, 1.807) is 11.3 Å². The van der Waals surface area contributed by atoms with Crippen molar-refractivity contribution in [1.29, 1.82) is 0 Å². The van der Waals surface area contributed by atoms with E-state index in [0.717, 1.165) is 34.7 Å². The van der Waals surface area contributed by atoms with Crippen molar-refractivity contribution in [2.45, 2.75) is 26.7 Å². The number of anilines is 1. The molecule has 0 unspecified atom stereocenters. The van der Waals surface area contributed by atoms with Crippen LogP contribution in [0.2, 0.25) is 0 Å². The maximum absolute atomic E-state index is 11.0. The Morgan fingerprint density at radius 1 is 1.42 bits per heavy atom. The van der Waals surface area contributed by atoms with Crippen molar-refractivity contribution in [3.05, 3.63) is 17.3 Å². The van der Waals surface area contributed by atoms with E-state index in [4.69, 9.17) is 5.11 Å². The molecular formula is C13H17N3O2S. The van der Waals surface area contributed by atoms with E-state index in [1.165, 1.54) is 0 Å². The Morgan fingerprint density at radius 3 is 2.84 bits per heavy atom. The molecule has 0 amide bonds. The van der Waals surface area contributed by atoms with Crippen molar-refractivity contribution in [1.82, 2.24) is 9.97 Å². The first-order valence-electron chi connectivity index (χ1n) is 6.36. The Hall–Kier alpha value is -1.69. The zero-order valence-electron chi connectivity index (χ0n) is 11.1. The third-order valence-corrected chi connectivity index (χ3v) is 3.59.